The molecule has 0 bridgehead atoms. The molecule has 9 nitrogen and oxygen atoms in total. The minimum atomic E-state index is 0. The van der Waals surface area contributed by atoms with Crippen molar-refractivity contribution in [1.29, 1.82) is 0 Å². The number of hydrogen-bond acceptors (Lipinski definition) is 5. The fourth-order valence-electron chi connectivity index (χ4n) is 2.75. The number of guanidine groups is 1. The molecule has 3 N–H and O–H groups in total. The van der Waals surface area contributed by atoms with E-state index in [1.165, 1.54) is 0 Å². The van der Waals surface area contributed by atoms with Gasteiger partial charge in [-0.3, -0.25) is 9.79 Å². The van der Waals surface area contributed by atoms with E-state index in [0.717, 1.165) is 31.0 Å². The first-order valence-corrected chi connectivity index (χ1v) is 8.70. The Hall–Kier alpha value is -1.43. The number of nitrogens with one attached hydrogen (secondary N) is 3. The van der Waals surface area contributed by atoms with Gasteiger partial charge in [0.15, 0.2) is 11.8 Å². The third kappa shape index (κ3) is 7.06. The second kappa shape index (κ2) is 11.3. The molecule has 0 spiro atoms. The highest BCUT2D eigenvalue weighted by atomic mass is 127. The summed E-state index contributed by atoms with van der Waals surface area (Å²) in [7, 11) is 3.37. The number of aliphatic imine (C=N–C) groups is 1. The number of fused-ring (bicyclic) bond motifs is 1. The van der Waals surface area contributed by atoms with Gasteiger partial charge in [-0.05, 0) is 20.3 Å². The Bertz CT molecular complexity index is 603. The summed E-state index contributed by atoms with van der Waals surface area (Å²) >= 11 is 0. The van der Waals surface area contributed by atoms with Gasteiger partial charge in [-0.25, -0.2) is 9.67 Å². The van der Waals surface area contributed by atoms with E-state index < -0.39 is 0 Å². The molecule has 0 fully saturated rings. The second-order valence-corrected chi connectivity index (χ2v) is 6.41. The number of rotatable bonds is 7. The van der Waals surface area contributed by atoms with E-state index >= 15 is 0 Å². The van der Waals surface area contributed by atoms with Gasteiger partial charge < -0.3 is 20.7 Å². The Labute approximate surface area is 171 Å². The number of carbonyl (C=O) groups is 1. The number of hydrogen-bond donors (Lipinski definition) is 3. The van der Waals surface area contributed by atoms with Crippen LogP contribution in [0.15, 0.2) is 4.99 Å². The van der Waals surface area contributed by atoms with E-state index in [0.29, 0.717) is 25.5 Å². The lowest BCUT2D eigenvalue weighted by Crippen LogP contribution is -2.47. The van der Waals surface area contributed by atoms with Gasteiger partial charge >= 0.3 is 0 Å². The fourth-order valence-corrected chi connectivity index (χ4v) is 2.75. The summed E-state index contributed by atoms with van der Waals surface area (Å²) in [6.45, 7) is 5.61. The lowest BCUT2D eigenvalue weighted by atomic mass is 10.1. The molecule has 1 aromatic heterocycles. The van der Waals surface area contributed by atoms with Crippen LogP contribution in [0.4, 0.5) is 0 Å². The van der Waals surface area contributed by atoms with Crippen LogP contribution in [-0.2, 0) is 29.1 Å². The smallest absolute Gasteiger partial charge is 0.221 e. The Morgan fingerprint density at radius 1 is 1.46 bits per heavy atom. The molecule has 26 heavy (non-hydrogen) atoms. The first-order chi connectivity index (χ1) is 12.0. The molecule has 1 aromatic rings. The van der Waals surface area contributed by atoms with Crippen molar-refractivity contribution in [2.45, 2.75) is 58.3 Å². The van der Waals surface area contributed by atoms with E-state index in [2.05, 4.69) is 31.0 Å². The monoisotopic (exact) mass is 479 g/mol. The summed E-state index contributed by atoms with van der Waals surface area (Å²) in [6, 6.07) is 0.382. The Morgan fingerprint density at radius 3 is 2.88 bits per heavy atom. The number of aryl methyl sites for hydroxylation is 1. The van der Waals surface area contributed by atoms with E-state index in [9.17, 15) is 4.79 Å². The van der Waals surface area contributed by atoms with Crippen molar-refractivity contribution in [3.05, 3.63) is 11.6 Å². The highest BCUT2D eigenvalue weighted by Crippen LogP contribution is 2.13. The zero-order chi connectivity index (χ0) is 18.2. The Kier molecular flexibility index (Phi) is 9.84. The highest BCUT2D eigenvalue weighted by Gasteiger charge is 2.22. The van der Waals surface area contributed by atoms with Crippen molar-refractivity contribution < 1.29 is 9.53 Å². The molecule has 1 unspecified atom stereocenters. The number of ether oxygens (including phenoxy) is 1. The van der Waals surface area contributed by atoms with Crippen LogP contribution in [-0.4, -0.2) is 59.4 Å². The van der Waals surface area contributed by atoms with Crippen molar-refractivity contribution >= 4 is 35.8 Å². The molecule has 0 radical (unpaired) electrons. The van der Waals surface area contributed by atoms with Gasteiger partial charge in [-0.15, -0.1) is 24.0 Å². The van der Waals surface area contributed by atoms with E-state index in [4.69, 9.17) is 4.74 Å². The zero-order valence-corrected chi connectivity index (χ0v) is 18.2. The van der Waals surface area contributed by atoms with Gasteiger partial charge in [0.05, 0.1) is 6.54 Å². The second-order valence-electron chi connectivity index (χ2n) is 6.41. The molecular formula is C16H30IN7O2. The maximum atomic E-state index is 11.7. The van der Waals surface area contributed by atoms with Crippen LogP contribution < -0.4 is 16.0 Å². The first-order valence-electron chi connectivity index (χ1n) is 8.70. The van der Waals surface area contributed by atoms with Gasteiger partial charge in [-0.2, -0.15) is 5.10 Å². The first kappa shape index (κ1) is 22.6. The minimum Gasteiger partial charge on any atom is -0.377 e. The summed E-state index contributed by atoms with van der Waals surface area (Å²) in [5.41, 5.74) is 0. The van der Waals surface area contributed by atoms with Crippen LogP contribution in [0.25, 0.3) is 0 Å². The number of nitrogens with zero attached hydrogens (tertiary/aromatic N) is 4. The molecule has 0 saturated carbocycles. The van der Waals surface area contributed by atoms with E-state index in [1.54, 1.807) is 14.2 Å². The summed E-state index contributed by atoms with van der Waals surface area (Å²) in [5, 5.41) is 13.9. The summed E-state index contributed by atoms with van der Waals surface area (Å²) < 4.78 is 7.02. The zero-order valence-electron chi connectivity index (χ0n) is 15.9. The van der Waals surface area contributed by atoms with Crippen molar-refractivity contribution in [2.75, 3.05) is 20.7 Å². The van der Waals surface area contributed by atoms with E-state index in [1.807, 2.05) is 18.5 Å². The molecule has 1 aliphatic rings. The van der Waals surface area contributed by atoms with Gasteiger partial charge in [0.25, 0.3) is 0 Å². The van der Waals surface area contributed by atoms with Crippen molar-refractivity contribution in [3.8, 4) is 0 Å². The SMILES string of the molecule is CN=C(NCCC(=O)NC(C)C)NC1CCc2nc(COC)nn2C1.I. The number of carbonyl (C=O) groups excluding carboxylic acids is 1. The standard InChI is InChI=1S/C16H29N7O2.HI/c1-11(2)19-15(24)7-8-18-16(17-3)20-12-5-6-14-21-13(10-25-4)22-23(14)9-12;/h11-12H,5-10H2,1-4H3,(H,19,24)(H2,17,18,20);1H. The van der Waals surface area contributed by atoms with Gasteiger partial charge in [0.1, 0.15) is 12.4 Å². The van der Waals surface area contributed by atoms with E-state index in [-0.39, 0.29) is 42.0 Å². The summed E-state index contributed by atoms with van der Waals surface area (Å²) in [5.74, 6) is 2.45. The number of aromatic nitrogens is 3. The molecule has 148 valence electrons. The van der Waals surface area contributed by atoms with Crippen molar-refractivity contribution in [2.24, 2.45) is 4.99 Å². The average Bonchev–Trinajstić information content (AvgIpc) is 2.95. The molecule has 0 saturated heterocycles. The lowest BCUT2D eigenvalue weighted by molar-refractivity contribution is -0.121. The van der Waals surface area contributed by atoms with Gasteiger partial charge in [0, 0.05) is 45.6 Å². The highest BCUT2D eigenvalue weighted by molar-refractivity contribution is 14.0. The Balaban J connectivity index is 0.00000338. The molecule has 1 aliphatic heterocycles. The Morgan fingerprint density at radius 2 is 2.23 bits per heavy atom. The number of amides is 1. The molecular weight excluding hydrogens is 449 g/mol. The maximum Gasteiger partial charge on any atom is 0.221 e. The summed E-state index contributed by atoms with van der Waals surface area (Å²) in [4.78, 5) is 20.4. The third-order valence-corrected chi connectivity index (χ3v) is 3.83. The molecule has 2 rings (SSSR count). The largest absolute Gasteiger partial charge is 0.377 e. The normalized spacial score (nSPS) is 16.7. The topological polar surface area (TPSA) is 105 Å². The average molecular weight is 479 g/mol. The van der Waals surface area contributed by atoms with Gasteiger partial charge in [0.2, 0.25) is 5.91 Å². The maximum absolute atomic E-state index is 11.7. The number of methoxy groups -OCH3 is 1. The van der Waals surface area contributed by atoms with Crippen LogP contribution >= 0.6 is 24.0 Å². The summed E-state index contributed by atoms with van der Waals surface area (Å²) in [6.07, 6.45) is 2.24. The van der Waals surface area contributed by atoms with Gasteiger partial charge in [-0.1, -0.05) is 0 Å². The third-order valence-electron chi connectivity index (χ3n) is 3.83. The predicted octanol–water partition coefficient (Wildman–Crippen LogP) is 0.437. The predicted molar refractivity (Wildman–Crippen MR) is 111 cm³/mol. The van der Waals surface area contributed by atoms with Crippen LogP contribution in [0, 0.1) is 0 Å². The molecule has 1 amide bonds. The van der Waals surface area contributed by atoms with Crippen LogP contribution in [0.5, 0.6) is 0 Å². The van der Waals surface area contributed by atoms with Crippen LogP contribution in [0.3, 0.4) is 0 Å². The molecule has 0 aromatic carbocycles. The van der Waals surface area contributed by atoms with Crippen LogP contribution in [0.1, 0.15) is 38.3 Å². The fraction of sp³-hybridized carbons (Fsp3) is 0.750. The molecule has 1 atom stereocenters. The minimum absolute atomic E-state index is 0. The van der Waals surface area contributed by atoms with Crippen LogP contribution in [0.2, 0.25) is 0 Å². The van der Waals surface area contributed by atoms with Crippen molar-refractivity contribution in [1.82, 2.24) is 30.7 Å². The quantitative estimate of drug-likeness (QED) is 0.298. The number of halogens is 1. The van der Waals surface area contributed by atoms with Crippen molar-refractivity contribution in [3.63, 3.8) is 0 Å². The lowest BCUT2D eigenvalue weighted by Gasteiger charge is -2.25. The molecule has 0 aliphatic carbocycles. The molecule has 2 heterocycles. The molecule has 10 heteroatoms.